The molecule has 2 N–H and O–H groups in total. The Morgan fingerprint density at radius 2 is 1.76 bits per heavy atom. The molecule has 1 aliphatic rings. The molecule has 1 aliphatic heterocycles. The second-order valence-electron chi connectivity index (χ2n) is 8.11. The summed E-state index contributed by atoms with van der Waals surface area (Å²) in [5.74, 6) is -1.51. The predicted molar refractivity (Wildman–Crippen MR) is 125 cm³/mol. The number of hydrogen-bond acceptors (Lipinski definition) is 6. The first kappa shape index (κ1) is 22.6. The monoisotopic (exact) mass is 448 g/mol. The summed E-state index contributed by atoms with van der Waals surface area (Å²) >= 11 is 0. The highest BCUT2D eigenvalue weighted by molar-refractivity contribution is 6.16. The van der Waals surface area contributed by atoms with Crippen LogP contribution in [0.15, 0.2) is 70.3 Å². The van der Waals surface area contributed by atoms with Crippen LogP contribution in [0.1, 0.15) is 42.4 Å². The first-order chi connectivity index (χ1) is 15.9. The van der Waals surface area contributed by atoms with Crippen molar-refractivity contribution in [3.63, 3.8) is 0 Å². The lowest BCUT2D eigenvalue weighted by atomic mass is 9.95. The number of hydrogen-bond donors (Lipinski definition) is 2. The van der Waals surface area contributed by atoms with Crippen molar-refractivity contribution in [2.24, 2.45) is 0 Å². The zero-order valence-electron chi connectivity index (χ0n) is 18.8. The average molecular weight is 449 g/mol. The van der Waals surface area contributed by atoms with Gasteiger partial charge in [-0.2, -0.15) is 0 Å². The lowest BCUT2D eigenvalue weighted by molar-refractivity contribution is -0.129. The fourth-order valence-electron chi connectivity index (χ4n) is 4.35. The standard InChI is InChI=1S/C26H28N2O5/c1-3-27(4-2)14-7-15-28-23(17-10-12-19(29)13-11-17)22(25(31)26(28)32)24(30)21-16-18-8-5-6-9-20(18)33-21/h5-6,8-13,16,23,29,31H,3-4,7,14-15H2,1-2H3. The first-order valence-corrected chi connectivity index (χ1v) is 11.2. The number of Topliss-reactive ketones (excluding diaryl/α,β-unsaturated/α-hetero) is 1. The number of aliphatic hydroxyl groups excluding tert-OH is 1. The Bertz CT molecular complexity index is 1160. The van der Waals surface area contributed by atoms with Crippen LogP contribution >= 0.6 is 0 Å². The molecule has 0 radical (unpaired) electrons. The Morgan fingerprint density at radius 3 is 2.42 bits per heavy atom. The highest BCUT2D eigenvalue weighted by Crippen LogP contribution is 2.40. The average Bonchev–Trinajstić information content (AvgIpc) is 3.37. The lowest BCUT2D eigenvalue weighted by Crippen LogP contribution is -2.34. The van der Waals surface area contributed by atoms with Gasteiger partial charge in [0.05, 0.1) is 11.6 Å². The van der Waals surface area contributed by atoms with Crippen LogP contribution in [0.4, 0.5) is 0 Å². The number of aliphatic hydroxyl groups is 1. The number of phenols is 1. The van der Waals surface area contributed by atoms with E-state index in [1.807, 2.05) is 18.2 Å². The predicted octanol–water partition coefficient (Wildman–Crippen LogP) is 4.45. The molecule has 0 fully saturated rings. The number of benzene rings is 2. The minimum Gasteiger partial charge on any atom is -0.508 e. The molecule has 172 valence electrons. The Morgan fingerprint density at radius 1 is 1.06 bits per heavy atom. The molecule has 7 heteroatoms. The molecular weight excluding hydrogens is 420 g/mol. The number of amides is 1. The maximum Gasteiger partial charge on any atom is 0.290 e. The minimum atomic E-state index is -0.768. The van der Waals surface area contributed by atoms with Crippen molar-refractivity contribution < 1.29 is 24.2 Å². The van der Waals surface area contributed by atoms with E-state index in [4.69, 9.17) is 4.42 Å². The summed E-state index contributed by atoms with van der Waals surface area (Å²) in [5, 5.41) is 21.3. The van der Waals surface area contributed by atoms with Crippen LogP contribution in [0.25, 0.3) is 11.0 Å². The fraction of sp³-hybridized carbons (Fsp3) is 0.308. The molecule has 1 unspecified atom stereocenters. The van der Waals surface area contributed by atoms with Gasteiger partial charge in [0.1, 0.15) is 11.3 Å². The van der Waals surface area contributed by atoms with Crippen LogP contribution in [-0.2, 0) is 4.79 Å². The second kappa shape index (κ2) is 9.50. The van der Waals surface area contributed by atoms with E-state index < -0.39 is 23.5 Å². The molecule has 0 bridgehead atoms. The topological polar surface area (TPSA) is 94.2 Å². The van der Waals surface area contributed by atoms with Gasteiger partial charge in [0.25, 0.3) is 5.91 Å². The zero-order chi connectivity index (χ0) is 23.5. The molecule has 0 saturated carbocycles. The van der Waals surface area contributed by atoms with Crippen molar-refractivity contribution in [2.75, 3.05) is 26.2 Å². The number of aromatic hydroxyl groups is 1. The molecular formula is C26H28N2O5. The molecule has 1 atom stereocenters. The molecule has 33 heavy (non-hydrogen) atoms. The van der Waals surface area contributed by atoms with E-state index in [2.05, 4.69) is 18.7 Å². The van der Waals surface area contributed by atoms with E-state index in [0.29, 0.717) is 24.1 Å². The van der Waals surface area contributed by atoms with E-state index in [0.717, 1.165) is 25.0 Å². The quantitative estimate of drug-likeness (QED) is 0.470. The van der Waals surface area contributed by atoms with Crippen LogP contribution < -0.4 is 0 Å². The summed E-state index contributed by atoms with van der Waals surface area (Å²) in [6, 6.07) is 14.4. The van der Waals surface area contributed by atoms with Gasteiger partial charge in [-0.15, -0.1) is 0 Å². The lowest BCUT2D eigenvalue weighted by Gasteiger charge is -2.28. The number of rotatable bonds is 9. The Hall–Kier alpha value is -3.58. The maximum absolute atomic E-state index is 13.5. The van der Waals surface area contributed by atoms with Crippen LogP contribution in [0.3, 0.4) is 0 Å². The van der Waals surface area contributed by atoms with E-state index in [-0.39, 0.29) is 17.1 Å². The van der Waals surface area contributed by atoms with E-state index >= 15 is 0 Å². The molecule has 0 spiro atoms. The summed E-state index contributed by atoms with van der Waals surface area (Å²) < 4.78 is 5.73. The fourth-order valence-corrected chi connectivity index (χ4v) is 4.35. The number of carbonyl (C=O) groups excluding carboxylic acids is 2. The number of carbonyl (C=O) groups is 2. The zero-order valence-corrected chi connectivity index (χ0v) is 18.8. The van der Waals surface area contributed by atoms with Gasteiger partial charge >= 0.3 is 0 Å². The number of ketones is 1. The SMILES string of the molecule is CCN(CC)CCCN1C(=O)C(O)=C(C(=O)c2cc3ccccc3o2)C1c1ccc(O)cc1. The third-order valence-corrected chi connectivity index (χ3v) is 6.17. The van der Waals surface area contributed by atoms with Gasteiger partial charge < -0.3 is 24.4 Å². The van der Waals surface area contributed by atoms with Crippen LogP contribution in [0, 0.1) is 0 Å². The van der Waals surface area contributed by atoms with Crippen LogP contribution in [-0.4, -0.2) is 57.9 Å². The summed E-state index contributed by atoms with van der Waals surface area (Å²) in [5.41, 5.74) is 1.18. The van der Waals surface area contributed by atoms with Gasteiger partial charge in [-0.1, -0.05) is 44.2 Å². The van der Waals surface area contributed by atoms with Crippen LogP contribution in [0.2, 0.25) is 0 Å². The van der Waals surface area contributed by atoms with Gasteiger partial charge in [-0.25, -0.2) is 0 Å². The number of furan rings is 1. The molecule has 7 nitrogen and oxygen atoms in total. The van der Waals surface area contributed by atoms with Gasteiger partial charge in [-0.3, -0.25) is 9.59 Å². The highest BCUT2D eigenvalue weighted by Gasteiger charge is 2.44. The largest absolute Gasteiger partial charge is 0.508 e. The number of fused-ring (bicyclic) bond motifs is 1. The molecule has 1 aromatic heterocycles. The molecule has 2 aromatic carbocycles. The van der Waals surface area contributed by atoms with Crippen molar-refractivity contribution in [1.29, 1.82) is 0 Å². The summed E-state index contributed by atoms with van der Waals surface area (Å²) in [6.45, 7) is 7.16. The van der Waals surface area contributed by atoms with Crippen molar-refractivity contribution in [1.82, 2.24) is 9.80 Å². The van der Waals surface area contributed by atoms with E-state index in [1.165, 1.54) is 17.0 Å². The van der Waals surface area contributed by atoms with E-state index in [9.17, 15) is 19.8 Å². The molecule has 2 heterocycles. The molecule has 3 aromatic rings. The van der Waals surface area contributed by atoms with Gasteiger partial charge in [0.2, 0.25) is 5.78 Å². The Balaban J connectivity index is 1.69. The Kier molecular flexibility index (Phi) is 6.51. The maximum atomic E-state index is 13.5. The summed E-state index contributed by atoms with van der Waals surface area (Å²) in [6.07, 6.45) is 0.696. The molecule has 1 amide bonds. The molecule has 0 saturated heterocycles. The smallest absolute Gasteiger partial charge is 0.290 e. The first-order valence-electron chi connectivity index (χ1n) is 11.2. The van der Waals surface area contributed by atoms with Gasteiger partial charge in [0, 0.05) is 11.9 Å². The third-order valence-electron chi connectivity index (χ3n) is 6.17. The van der Waals surface area contributed by atoms with Crippen molar-refractivity contribution in [3.05, 3.63) is 77.3 Å². The number of para-hydroxylation sites is 1. The second-order valence-corrected chi connectivity index (χ2v) is 8.11. The molecule has 4 rings (SSSR count). The minimum absolute atomic E-state index is 0.00687. The normalized spacial score (nSPS) is 16.4. The summed E-state index contributed by atoms with van der Waals surface area (Å²) in [7, 11) is 0. The number of nitrogens with zero attached hydrogens (tertiary/aromatic N) is 2. The van der Waals surface area contributed by atoms with Crippen molar-refractivity contribution in [3.8, 4) is 5.75 Å². The Labute approximate surface area is 192 Å². The van der Waals surface area contributed by atoms with Gasteiger partial charge in [-0.05, 0) is 55.9 Å². The van der Waals surface area contributed by atoms with Crippen molar-refractivity contribution >= 4 is 22.7 Å². The van der Waals surface area contributed by atoms with Gasteiger partial charge in [0.15, 0.2) is 11.5 Å². The number of phenolic OH excluding ortho intramolecular Hbond substituents is 1. The van der Waals surface area contributed by atoms with Crippen molar-refractivity contribution in [2.45, 2.75) is 26.3 Å². The van der Waals surface area contributed by atoms with Crippen LogP contribution in [0.5, 0.6) is 5.75 Å². The highest BCUT2D eigenvalue weighted by atomic mass is 16.3. The summed E-state index contributed by atoms with van der Waals surface area (Å²) in [4.78, 5) is 30.3. The third kappa shape index (κ3) is 4.36. The van der Waals surface area contributed by atoms with E-state index in [1.54, 1.807) is 24.3 Å². The molecule has 0 aliphatic carbocycles.